The van der Waals surface area contributed by atoms with Gasteiger partial charge in [0.05, 0.1) is 0 Å². The summed E-state index contributed by atoms with van der Waals surface area (Å²) in [5, 5.41) is 12.4. The summed E-state index contributed by atoms with van der Waals surface area (Å²) in [4.78, 5) is 15.3. The number of nitrogens with zero attached hydrogens (tertiary/aromatic N) is 1. The van der Waals surface area contributed by atoms with Crippen LogP contribution in [-0.4, -0.2) is 27.6 Å². The molecule has 5 nitrogen and oxygen atoms in total. The molecule has 1 heterocycles. The van der Waals surface area contributed by atoms with Crippen molar-refractivity contribution in [3.8, 4) is 0 Å². The van der Waals surface area contributed by atoms with E-state index in [4.69, 9.17) is 5.73 Å². The van der Waals surface area contributed by atoms with Gasteiger partial charge in [0.2, 0.25) is 0 Å². The summed E-state index contributed by atoms with van der Waals surface area (Å²) < 4.78 is 0. The minimum atomic E-state index is -0.883. The molecule has 1 unspecified atom stereocenters. The van der Waals surface area contributed by atoms with E-state index in [1.165, 1.54) is 0 Å². The second-order valence-electron chi connectivity index (χ2n) is 5.06. The molecule has 106 valence electrons. The minimum Gasteiger partial charge on any atom is -0.480 e. The summed E-state index contributed by atoms with van der Waals surface area (Å²) in [7, 11) is 0. The molecule has 2 atom stereocenters. The molecule has 0 aliphatic heterocycles. The molecule has 0 saturated carbocycles. The molecule has 20 heavy (non-hydrogen) atoms. The fourth-order valence-corrected chi connectivity index (χ4v) is 2.20. The number of aromatic nitrogens is 1. The fraction of sp³-hybridized carbons (Fsp3) is 0.333. The van der Waals surface area contributed by atoms with Crippen LogP contribution in [0.4, 0.5) is 0 Å². The number of nitrogens with one attached hydrogen (secondary N) is 1. The van der Waals surface area contributed by atoms with Gasteiger partial charge in [-0.1, -0.05) is 24.3 Å². The van der Waals surface area contributed by atoms with Crippen molar-refractivity contribution in [2.24, 2.45) is 5.73 Å². The molecule has 0 saturated heterocycles. The largest absolute Gasteiger partial charge is 0.480 e. The van der Waals surface area contributed by atoms with Crippen LogP contribution in [0, 0.1) is 0 Å². The Hall–Kier alpha value is -1.98. The molecule has 0 fully saturated rings. The zero-order chi connectivity index (χ0) is 14.4. The first-order chi connectivity index (χ1) is 9.59. The SMILES string of the molecule is NC1(C[C@H](NCc2ccncc2)C(=O)O)C=CC=CC1. The van der Waals surface area contributed by atoms with Crippen LogP contribution in [0.2, 0.25) is 0 Å². The highest BCUT2D eigenvalue weighted by atomic mass is 16.4. The third-order valence-electron chi connectivity index (χ3n) is 3.36. The van der Waals surface area contributed by atoms with Gasteiger partial charge in [-0.15, -0.1) is 0 Å². The lowest BCUT2D eigenvalue weighted by atomic mass is 9.86. The van der Waals surface area contributed by atoms with Crippen molar-refractivity contribution in [2.75, 3.05) is 0 Å². The molecule has 1 aromatic heterocycles. The normalized spacial score (nSPS) is 22.6. The molecule has 0 radical (unpaired) electrons. The van der Waals surface area contributed by atoms with Gasteiger partial charge in [-0.3, -0.25) is 9.78 Å². The van der Waals surface area contributed by atoms with E-state index in [0.717, 1.165) is 5.56 Å². The smallest absolute Gasteiger partial charge is 0.320 e. The van der Waals surface area contributed by atoms with Gasteiger partial charge >= 0.3 is 5.97 Å². The van der Waals surface area contributed by atoms with Crippen LogP contribution in [0.15, 0.2) is 48.8 Å². The highest BCUT2D eigenvalue weighted by Crippen LogP contribution is 2.20. The van der Waals surface area contributed by atoms with E-state index in [9.17, 15) is 9.90 Å². The summed E-state index contributed by atoms with van der Waals surface area (Å²) >= 11 is 0. The number of aliphatic carboxylic acids is 1. The molecule has 0 spiro atoms. The van der Waals surface area contributed by atoms with E-state index in [2.05, 4.69) is 10.3 Å². The van der Waals surface area contributed by atoms with Gasteiger partial charge in [-0.25, -0.2) is 0 Å². The Morgan fingerprint density at radius 3 is 2.80 bits per heavy atom. The average molecular weight is 273 g/mol. The van der Waals surface area contributed by atoms with Crippen molar-refractivity contribution in [3.63, 3.8) is 0 Å². The third-order valence-corrected chi connectivity index (χ3v) is 3.36. The van der Waals surface area contributed by atoms with E-state index in [-0.39, 0.29) is 0 Å². The van der Waals surface area contributed by atoms with Gasteiger partial charge in [0.25, 0.3) is 0 Å². The predicted molar refractivity (Wildman–Crippen MR) is 76.9 cm³/mol. The predicted octanol–water partition coefficient (Wildman–Crippen LogP) is 1.23. The third kappa shape index (κ3) is 4.01. The van der Waals surface area contributed by atoms with Crippen LogP contribution in [0.3, 0.4) is 0 Å². The molecular weight excluding hydrogens is 254 g/mol. The number of allylic oxidation sites excluding steroid dienone is 2. The number of rotatable bonds is 6. The Morgan fingerprint density at radius 2 is 2.20 bits per heavy atom. The van der Waals surface area contributed by atoms with Crippen LogP contribution < -0.4 is 11.1 Å². The Labute approximate surface area is 118 Å². The maximum absolute atomic E-state index is 11.4. The standard InChI is InChI=1S/C15H19N3O2/c16-15(6-2-1-3-7-15)10-13(14(19)20)18-11-12-4-8-17-9-5-12/h1-6,8-9,13,18H,7,10-11,16H2,(H,19,20)/t13-,15?/m0/s1. The molecular formula is C15H19N3O2. The Morgan fingerprint density at radius 1 is 1.45 bits per heavy atom. The van der Waals surface area contributed by atoms with E-state index in [1.54, 1.807) is 12.4 Å². The monoisotopic (exact) mass is 273 g/mol. The number of carboxylic acid groups (broad SMARTS) is 1. The number of pyridine rings is 1. The molecule has 1 aliphatic rings. The van der Waals surface area contributed by atoms with E-state index >= 15 is 0 Å². The van der Waals surface area contributed by atoms with Crippen molar-refractivity contribution < 1.29 is 9.90 Å². The van der Waals surface area contributed by atoms with Crippen LogP contribution in [-0.2, 0) is 11.3 Å². The summed E-state index contributed by atoms with van der Waals surface area (Å²) in [6, 6.07) is 3.03. The van der Waals surface area contributed by atoms with Crippen LogP contribution in [0.25, 0.3) is 0 Å². The zero-order valence-electron chi connectivity index (χ0n) is 11.2. The highest BCUT2D eigenvalue weighted by Gasteiger charge is 2.29. The fourth-order valence-electron chi connectivity index (χ4n) is 2.20. The Bertz CT molecular complexity index is 513. The second-order valence-corrected chi connectivity index (χ2v) is 5.06. The van der Waals surface area contributed by atoms with Gasteiger partial charge in [0.1, 0.15) is 6.04 Å². The summed E-state index contributed by atoms with van der Waals surface area (Å²) in [5.74, 6) is -0.883. The van der Waals surface area contributed by atoms with Crippen molar-refractivity contribution in [2.45, 2.75) is 31.0 Å². The molecule has 1 aliphatic carbocycles. The maximum atomic E-state index is 11.4. The first-order valence-electron chi connectivity index (χ1n) is 6.57. The second kappa shape index (κ2) is 6.45. The van der Waals surface area contributed by atoms with Crippen LogP contribution in [0.1, 0.15) is 18.4 Å². The van der Waals surface area contributed by atoms with Crippen molar-refractivity contribution in [3.05, 3.63) is 54.4 Å². The first-order valence-corrected chi connectivity index (χ1v) is 6.57. The van der Waals surface area contributed by atoms with Gasteiger partial charge in [0, 0.05) is 24.5 Å². The molecule has 0 aromatic carbocycles. The lowest BCUT2D eigenvalue weighted by Gasteiger charge is -2.29. The average Bonchev–Trinajstić information content (AvgIpc) is 2.45. The molecule has 4 N–H and O–H groups in total. The van der Waals surface area contributed by atoms with Gasteiger partial charge in [-0.05, 0) is 30.5 Å². The molecule has 5 heteroatoms. The van der Waals surface area contributed by atoms with Crippen LogP contribution >= 0.6 is 0 Å². The van der Waals surface area contributed by atoms with E-state index in [0.29, 0.717) is 19.4 Å². The first kappa shape index (κ1) is 14.4. The molecule has 0 amide bonds. The number of carboxylic acids is 1. The van der Waals surface area contributed by atoms with E-state index < -0.39 is 17.6 Å². The number of nitrogens with two attached hydrogens (primary N) is 1. The molecule has 1 aromatic rings. The van der Waals surface area contributed by atoms with Crippen molar-refractivity contribution in [1.82, 2.24) is 10.3 Å². The maximum Gasteiger partial charge on any atom is 0.320 e. The Kier molecular flexibility index (Phi) is 4.65. The van der Waals surface area contributed by atoms with Gasteiger partial charge in [0.15, 0.2) is 0 Å². The van der Waals surface area contributed by atoms with E-state index in [1.807, 2.05) is 36.4 Å². The van der Waals surface area contributed by atoms with Crippen LogP contribution in [0.5, 0.6) is 0 Å². The summed E-state index contributed by atoms with van der Waals surface area (Å²) in [6.07, 6.45) is 12.0. The lowest BCUT2D eigenvalue weighted by molar-refractivity contribution is -0.140. The van der Waals surface area contributed by atoms with Gasteiger partial charge < -0.3 is 16.2 Å². The minimum absolute atomic E-state index is 0.355. The van der Waals surface area contributed by atoms with Crippen molar-refractivity contribution in [1.29, 1.82) is 0 Å². The highest BCUT2D eigenvalue weighted by molar-refractivity contribution is 5.73. The summed E-state index contributed by atoms with van der Waals surface area (Å²) in [5.41, 5.74) is 6.62. The van der Waals surface area contributed by atoms with Gasteiger partial charge in [-0.2, -0.15) is 0 Å². The van der Waals surface area contributed by atoms with Crippen molar-refractivity contribution >= 4 is 5.97 Å². The quantitative estimate of drug-likeness (QED) is 0.725. The topological polar surface area (TPSA) is 88.2 Å². The summed E-state index contributed by atoms with van der Waals surface area (Å²) in [6.45, 7) is 0.481. The number of hydrogen-bond acceptors (Lipinski definition) is 4. The number of carbonyl (C=O) groups is 1. The molecule has 0 bridgehead atoms. The number of hydrogen-bond donors (Lipinski definition) is 3. The Balaban J connectivity index is 1.96. The molecule has 2 rings (SSSR count). The lowest BCUT2D eigenvalue weighted by Crippen LogP contribution is -2.48. The zero-order valence-corrected chi connectivity index (χ0v) is 11.2.